The molecule has 0 radical (unpaired) electrons. The van der Waals surface area contributed by atoms with E-state index in [1.54, 1.807) is 38.4 Å². The number of carbonyl (C=O) groups is 2. The SMILES string of the molecule is CCNC(=O)N1CC2CC(CN(CC(COc3ccc(C#N)cc3)NC(=O)N(C)C)C2)C1. The van der Waals surface area contributed by atoms with Crippen molar-refractivity contribution in [3.63, 3.8) is 0 Å². The lowest BCUT2D eigenvalue weighted by Crippen LogP contribution is -2.58. The molecule has 3 rings (SSSR count). The van der Waals surface area contributed by atoms with Crippen molar-refractivity contribution in [1.29, 1.82) is 5.26 Å². The Morgan fingerprint density at radius 2 is 1.84 bits per heavy atom. The molecule has 0 aromatic heterocycles. The Kier molecular flexibility index (Phi) is 8.17. The lowest BCUT2D eigenvalue weighted by Gasteiger charge is -2.46. The summed E-state index contributed by atoms with van der Waals surface area (Å²) >= 11 is 0. The number of hydrogen-bond acceptors (Lipinski definition) is 5. The molecule has 0 spiro atoms. The number of nitrogens with zero attached hydrogens (tertiary/aromatic N) is 4. The first-order chi connectivity index (χ1) is 15.4. The van der Waals surface area contributed by atoms with Gasteiger partial charge in [-0.3, -0.25) is 0 Å². The number of nitriles is 1. The second-order valence-corrected chi connectivity index (χ2v) is 8.91. The van der Waals surface area contributed by atoms with Gasteiger partial charge in [-0.1, -0.05) is 0 Å². The van der Waals surface area contributed by atoms with Crippen LogP contribution >= 0.6 is 0 Å². The summed E-state index contributed by atoms with van der Waals surface area (Å²) in [6, 6.07) is 8.76. The fraction of sp³-hybridized carbons (Fsp3) is 0.609. The molecule has 2 N–H and O–H groups in total. The zero-order valence-corrected chi connectivity index (χ0v) is 19.2. The number of urea groups is 2. The third kappa shape index (κ3) is 6.50. The van der Waals surface area contributed by atoms with Crippen LogP contribution in [0, 0.1) is 23.2 Å². The molecule has 3 unspecified atom stereocenters. The summed E-state index contributed by atoms with van der Waals surface area (Å²) in [7, 11) is 3.43. The topological polar surface area (TPSA) is 101 Å². The second-order valence-electron chi connectivity index (χ2n) is 8.91. The highest BCUT2D eigenvalue weighted by Crippen LogP contribution is 2.28. The minimum absolute atomic E-state index is 0.0302. The van der Waals surface area contributed by atoms with Crippen LogP contribution in [0.15, 0.2) is 24.3 Å². The number of piperidine rings is 2. The predicted octanol–water partition coefficient (Wildman–Crippen LogP) is 1.56. The van der Waals surface area contributed by atoms with E-state index in [1.165, 1.54) is 4.90 Å². The molecule has 32 heavy (non-hydrogen) atoms. The highest BCUT2D eigenvalue weighted by molar-refractivity contribution is 5.74. The molecule has 2 saturated heterocycles. The van der Waals surface area contributed by atoms with E-state index >= 15 is 0 Å². The maximum Gasteiger partial charge on any atom is 0.317 e. The van der Waals surface area contributed by atoms with Crippen molar-refractivity contribution >= 4 is 12.1 Å². The smallest absolute Gasteiger partial charge is 0.317 e. The molecule has 9 nitrogen and oxygen atoms in total. The van der Waals surface area contributed by atoms with Crippen molar-refractivity contribution in [2.75, 3.05) is 60.0 Å². The van der Waals surface area contributed by atoms with Gasteiger partial charge in [-0.2, -0.15) is 5.26 Å². The van der Waals surface area contributed by atoms with Crippen LogP contribution in [0.3, 0.4) is 0 Å². The normalized spacial score (nSPS) is 21.2. The van der Waals surface area contributed by atoms with E-state index < -0.39 is 0 Å². The van der Waals surface area contributed by atoms with Crippen molar-refractivity contribution < 1.29 is 14.3 Å². The van der Waals surface area contributed by atoms with E-state index in [4.69, 9.17) is 10.00 Å². The third-order valence-corrected chi connectivity index (χ3v) is 5.92. The molecule has 2 fully saturated rings. The lowest BCUT2D eigenvalue weighted by atomic mass is 9.84. The minimum atomic E-state index is -0.182. The summed E-state index contributed by atoms with van der Waals surface area (Å²) in [5, 5.41) is 14.9. The summed E-state index contributed by atoms with van der Waals surface area (Å²) in [6.45, 7) is 6.95. The Balaban J connectivity index is 1.59. The van der Waals surface area contributed by atoms with Crippen molar-refractivity contribution in [3.8, 4) is 11.8 Å². The first kappa shape index (κ1) is 23.7. The molecule has 2 heterocycles. The van der Waals surface area contributed by atoms with Gasteiger partial charge in [-0.25, -0.2) is 9.59 Å². The standard InChI is InChI=1S/C23H34N6O3/c1-4-25-22(30)29-13-18-9-19(14-29)12-28(11-18)15-20(26-23(31)27(2)3)16-32-21-7-5-17(10-24)6-8-21/h5-8,18-20H,4,9,11-16H2,1-3H3,(H,25,30)(H,26,31). The van der Waals surface area contributed by atoms with Gasteiger partial charge >= 0.3 is 12.1 Å². The van der Waals surface area contributed by atoms with Gasteiger partial charge in [-0.05, 0) is 49.4 Å². The van der Waals surface area contributed by atoms with Crippen LogP contribution in [-0.2, 0) is 0 Å². The van der Waals surface area contributed by atoms with Crippen LogP contribution in [0.4, 0.5) is 9.59 Å². The Hall–Kier alpha value is -2.99. The quantitative estimate of drug-likeness (QED) is 0.667. The zero-order valence-electron chi connectivity index (χ0n) is 19.2. The average Bonchev–Trinajstić information content (AvgIpc) is 2.77. The number of likely N-dealkylation sites (tertiary alicyclic amines) is 2. The van der Waals surface area contributed by atoms with Crippen molar-refractivity contribution in [2.24, 2.45) is 11.8 Å². The molecular formula is C23H34N6O3. The minimum Gasteiger partial charge on any atom is -0.491 e. The van der Waals surface area contributed by atoms with E-state index in [0.29, 0.717) is 42.8 Å². The number of fused-ring (bicyclic) bond motifs is 2. The van der Waals surface area contributed by atoms with Gasteiger partial charge in [0.05, 0.1) is 17.7 Å². The fourth-order valence-corrected chi connectivity index (χ4v) is 4.54. The molecule has 9 heteroatoms. The van der Waals surface area contributed by atoms with E-state index in [2.05, 4.69) is 21.6 Å². The zero-order chi connectivity index (χ0) is 23.1. The van der Waals surface area contributed by atoms with E-state index in [0.717, 1.165) is 32.6 Å². The second kappa shape index (κ2) is 11.0. The van der Waals surface area contributed by atoms with Crippen molar-refractivity contribution in [2.45, 2.75) is 19.4 Å². The third-order valence-electron chi connectivity index (χ3n) is 5.92. The number of hydrogen-bond donors (Lipinski definition) is 2. The number of carbonyl (C=O) groups excluding carboxylic acids is 2. The van der Waals surface area contributed by atoms with Gasteiger partial charge in [0, 0.05) is 53.4 Å². The number of nitrogens with one attached hydrogen (secondary N) is 2. The number of benzene rings is 1. The fourth-order valence-electron chi connectivity index (χ4n) is 4.54. The molecule has 2 aliphatic rings. The van der Waals surface area contributed by atoms with E-state index in [1.807, 2.05) is 11.8 Å². The molecule has 2 aliphatic heterocycles. The number of ether oxygens (including phenoxy) is 1. The van der Waals surface area contributed by atoms with Gasteiger partial charge in [0.2, 0.25) is 0 Å². The van der Waals surface area contributed by atoms with Gasteiger partial charge in [0.15, 0.2) is 0 Å². The first-order valence-corrected chi connectivity index (χ1v) is 11.2. The van der Waals surface area contributed by atoms with E-state index in [9.17, 15) is 9.59 Å². The van der Waals surface area contributed by atoms with E-state index in [-0.39, 0.29) is 18.1 Å². The maximum atomic E-state index is 12.3. The van der Waals surface area contributed by atoms with Crippen LogP contribution in [0.25, 0.3) is 0 Å². The highest BCUT2D eigenvalue weighted by Gasteiger charge is 2.36. The molecule has 4 amide bonds. The van der Waals surface area contributed by atoms with Gasteiger partial charge in [0.25, 0.3) is 0 Å². The van der Waals surface area contributed by atoms with Crippen molar-refractivity contribution in [3.05, 3.63) is 29.8 Å². The lowest BCUT2D eigenvalue weighted by molar-refractivity contribution is 0.0392. The Morgan fingerprint density at radius 1 is 1.19 bits per heavy atom. The van der Waals surface area contributed by atoms with Gasteiger partial charge < -0.3 is 30.1 Å². The monoisotopic (exact) mass is 442 g/mol. The van der Waals surface area contributed by atoms with Gasteiger partial charge in [0.1, 0.15) is 12.4 Å². The molecule has 0 saturated carbocycles. The molecule has 174 valence electrons. The summed E-state index contributed by atoms with van der Waals surface area (Å²) in [6.07, 6.45) is 1.14. The summed E-state index contributed by atoms with van der Waals surface area (Å²) in [5.74, 6) is 1.55. The van der Waals surface area contributed by atoms with Gasteiger partial charge in [-0.15, -0.1) is 0 Å². The predicted molar refractivity (Wildman–Crippen MR) is 121 cm³/mol. The Bertz CT molecular complexity index is 808. The maximum absolute atomic E-state index is 12.3. The summed E-state index contributed by atoms with van der Waals surface area (Å²) in [5.41, 5.74) is 0.580. The molecule has 1 aromatic rings. The van der Waals surface area contributed by atoms with Crippen LogP contribution in [0.1, 0.15) is 18.9 Å². The molecule has 0 aliphatic carbocycles. The molecule has 2 bridgehead atoms. The number of rotatable bonds is 7. The Morgan fingerprint density at radius 3 is 2.41 bits per heavy atom. The van der Waals surface area contributed by atoms with Crippen LogP contribution in [0.5, 0.6) is 5.75 Å². The highest BCUT2D eigenvalue weighted by atomic mass is 16.5. The first-order valence-electron chi connectivity index (χ1n) is 11.2. The average molecular weight is 443 g/mol. The summed E-state index contributed by atoms with van der Waals surface area (Å²) in [4.78, 5) is 30.4. The van der Waals surface area contributed by atoms with Crippen LogP contribution in [-0.4, -0.2) is 92.8 Å². The van der Waals surface area contributed by atoms with Crippen LogP contribution < -0.4 is 15.4 Å². The molecule has 3 atom stereocenters. The Labute approximate surface area is 190 Å². The largest absolute Gasteiger partial charge is 0.491 e. The molecular weight excluding hydrogens is 408 g/mol. The van der Waals surface area contributed by atoms with Crippen molar-refractivity contribution in [1.82, 2.24) is 25.3 Å². The summed E-state index contributed by atoms with van der Waals surface area (Å²) < 4.78 is 5.93. The molecule has 1 aromatic carbocycles. The number of amides is 4. The van der Waals surface area contributed by atoms with Crippen LogP contribution in [0.2, 0.25) is 0 Å².